The van der Waals surface area contributed by atoms with Gasteiger partial charge in [0.15, 0.2) is 0 Å². The van der Waals surface area contributed by atoms with E-state index in [1.807, 2.05) is 41.5 Å². The summed E-state index contributed by atoms with van der Waals surface area (Å²) in [7, 11) is 0. The summed E-state index contributed by atoms with van der Waals surface area (Å²) in [5.41, 5.74) is 2.77. The maximum atomic E-state index is 12.7. The largest absolute Gasteiger partial charge is 0.393 e. The van der Waals surface area contributed by atoms with Crippen LogP contribution in [0.25, 0.3) is 10.6 Å². The van der Waals surface area contributed by atoms with Gasteiger partial charge in [0.1, 0.15) is 5.01 Å². The van der Waals surface area contributed by atoms with Crippen LogP contribution in [0.3, 0.4) is 0 Å². The van der Waals surface area contributed by atoms with Crippen molar-refractivity contribution in [1.29, 1.82) is 0 Å². The van der Waals surface area contributed by atoms with E-state index in [1.165, 1.54) is 0 Å². The molecule has 0 aliphatic carbocycles. The fourth-order valence-electron chi connectivity index (χ4n) is 3.15. The number of aliphatic hydroxyl groups excluding tert-OH is 1. The SMILES string of the molecule is Cc1csc(-c2ccc(C(=O)N3CCCC3CC(C)O)cc2)n1. The Hall–Kier alpha value is -1.72. The van der Waals surface area contributed by atoms with Crippen molar-refractivity contribution in [3.63, 3.8) is 0 Å². The number of nitrogens with zero attached hydrogens (tertiary/aromatic N) is 2. The van der Waals surface area contributed by atoms with Crippen LogP contribution in [0.2, 0.25) is 0 Å². The third-order valence-electron chi connectivity index (χ3n) is 4.25. The van der Waals surface area contributed by atoms with Gasteiger partial charge in [0.25, 0.3) is 5.91 Å². The number of hydrogen-bond donors (Lipinski definition) is 1. The Kier molecular flexibility index (Phi) is 4.78. The third-order valence-corrected chi connectivity index (χ3v) is 5.26. The van der Waals surface area contributed by atoms with Gasteiger partial charge in [-0.1, -0.05) is 12.1 Å². The number of carbonyl (C=O) groups excluding carboxylic acids is 1. The zero-order valence-corrected chi connectivity index (χ0v) is 14.3. The second-order valence-electron chi connectivity index (χ2n) is 6.25. The molecule has 0 bridgehead atoms. The summed E-state index contributed by atoms with van der Waals surface area (Å²) in [6, 6.07) is 7.85. The number of aliphatic hydroxyl groups is 1. The van der Waals surface area contributed by atoms with Crippen LogP contribution in [-0.4, -0.2) is 39.6 Å². The zero-order chi connectivity index (χ0) is 16.4. The number of benzene rings is 1. The Morgan fingerprint density at radius 2 is 2.17 bits per heavy atom. The molecule has 2 unspecified atom stereocenters. The molecule has 0 saturated carbocycles. The molecule has 122 valence electrons. The van der Waals surface area contributed by atoms with Crippen molar-refractivity contribution >= 4 is 17.2 Å². The van der Waals surface area contributed by atoms with Crippen LogP contribution in [0.15, 0.2) is 29.6 Å². The smallest absolute Gasteiger partial charge is 0.254 e. The highest BCUT2D eigenvalue weighted by Gasteiger charge is 2.30. The Balaban J connectivity index is 1.75. The second kappa shape index (κ2) is 6.81. The van der Waals surface area contributed by atoms with Crippen molar-refractivity contribution < 1.29 is 9.90 Å². The predicted molar refractivity (Wildman–Crippen MR) is 92.6 cm³/mol. The minimum absolute atomic E-state index is 0.0648. The molecule has 1 fully saturated rings. The molecule has 5 heteroatoms. The fourth-order valence-corrected chi connectivity index (χ4v) is 3.95. The van der Waals surface area contributed by atoms with E-state index in [4.69, 9.17) is 0 Å². The van der Waals surface area contributed by atoms with Crippen LogP contribution in [0.5, 0.6) is 0 Å². The van der Waals surface area contributed by atoms with E-state index in [1.54, 1.807) is 18.3 Å². The first kappa shape index (κ1) is 16.1. The summed E-state index contributed by atoms with van der Waals surface area (Å²) in [5, 5.41) is 12.6. The number of aromatic nitrogens is 1. The number of thiazole rings is 1. The highest BCUT2D eigenvalue weighted by atomic mass is 32.1. The topological polar surface area (TPSA) is 53.4 Å². The van der Waals surface area contributed by atoms with Crippen LogP contribution in [-0.2, 0) is 0 Å². The molecular formula is C18H22N2O2S. The lowest BCUT2D eigenvalue weighted by atomic mass is 10.1. The Morgan fingerprint density at radius 3 is 2.78 bits per heavy atom. The van der Waals surface area contributed by atoms with Gasteiger partial charge in [-0.05, 0) is 45.2 Å². The van der Waals surface area contributed by atoms with Crippen LogP contribution in [0.4, 0.5) is 0 Å². The van der Waals surface area contributed by atoms with E-state index in [9.17, 15) is 9.90 Å². The predicted octanol–water partition coefficient (Wildman–Crippen LogP) is 3.49. The Labute approximate surface area is 140 Å². The quantitative estimate of drug-likeness (QED) is 0.933. The highest BCUT2D eigenvalue weighted by Crippen LogP contribution is 2.26. The van der Waals surface area contributed by atoms with Gasteiger partial charge in [-0.25, -0.2) is 4.98 Å². The summed E-state index contributed by atoms with van der Waals surface area (Å²) >= 11 is 1.62. The average molecular weight is 330 g/mol. The van der Waals surface area contributed by atoms with Crippen molar-refractivity contribution in [1.82, 2.24) is 9.88 Å². The minimum Gasteiger partial charge on any atom is -0.393 e. The molecule has 1 saturated heterocycles. The summed E-state index contributed by atoms with van der Waals surface area (Å²) in [5.74, 6) is 0.0648. The maximum absolute atomic E-state index is 12.7. The normalized spacial score (nSPS) is 19.1. The molecule has 2 atom stereocenters. The van der Waals surface area contributed by atoms with Crippen molar-refractivity contribution in [2.75, 3.05) is 6.54 Å². The number of aryl methyl sites for hydroxylation is 1. The molecule has 23 heavy (non-hydrogen) atoms. The van der Waals surface area contributed by atoms with Crippen molar-refractivity contribution in [2.45, 2.75) is 45.3 Å². The van der Waals surface area contributed by atoms with Gasteiger partial charge < -0.3 is 10.0 Å². The standard InChI is InChI=1S/C18H22N2O2S/c1-12-11-23-17(19-12)14-5-7-15(8-6-14)18(22)20-9-3-4-16(20)10-13(2)21/h5-8,11,13,16,21H,3-4,9-10H2,1-2H3. The number of carbonyl (C=O) groups is 1. The number of rotatable bonds is 4. The van der Waals surface area contributed by atoms with Crippen molar-refractivity contribution in [2.24, 2.45) is 0 Å². The molecule has 1 amide bonds. The van der Waals surface area contributed by atoms with Crippen molar-refractivity contribution in [3.8, 4) is 10.6 Å². The minimum atomic E-state index is -0.371. The molecule has 1 aromatic carbocycles. The van der Waals surface area contributed by atoms with Gasteiger partial charge in [0, 0.05) is 34.8 Å². The zero-order valence-electron chi connectivity index (χ0n) is 13.5. The lowest BCUT2D eigenvalue weighted by Crippen LogP contribution is -2.37. The second-order valence-corrected chi connectivity index (χ2v) is 7.11. The molecule has 2 heterocycles. The Morgan fingerprint density at radius 1 is 1.43 bits per heavy atom. The Bertz CT molecular complexity index is 679. The third kappa shape index (κ3) is 3.62. The molecule has 1 N–H and O–H groups in total. The van der Waals surface area contributed by atoms with Crippen LogP contribution >= 0.6 is 11.3 Å². The molecule has 0 spiro atoms. The van der Waals surface area contributed by atoms with Gasteiger partial charge in [-0.3, -0.25) is 4.79 Å². The van der Waals surface area contributed by atoms with E-state index >= 15 is 0 Å². The van der Waals surface area contributed by atoms with E-state index in [-0.39, 0.29) is 18.1 Å². The van der Waals surface area contributed by atoms with Gasteiger partial charge in [0.05, 0.1) is 6.10 Å². The van der Waals surface area contributed by atoms with E-state index in [0.29, 0.717) is 12.0 Å². The molecule has 3 rings (SSSR count). The van der Waals surface area contributed by atoms with E-state index < -0.39 is 0 Å². The average Bonchev–Trinajstić information content (AvgIpc) is 3.15. The lowest BCUT2D eigenvalue weighted by molar-refractivity contribution is 0.0682. The van der Waals surface area contributed by atoms with Gasteiger partial charge >= 0.3 is 0 Å². The summed E-state index contributed by atoms with van der Waals surface area (Å²) < 4.78 is 0. The van der Waals surface area contributed by atoms with Crippen LogP contribution in [0.1, 0.15) is 42.2 Å². The maximum Gasteiger partial charge on any atom is 0.254 e. The van der Waals surface area contributed by atoms with Gasteiger partial charge in [-0.2, -0.15) is 0 Å². The molecular weight excluding hydrogens is 308 g/mol. The van der Waals surface area contributed by atoms with Crippen LogP contribution in [0, 0.1) is 6.92 Å². The first-order chi connectivity index (χ1) is 11.0. The number of hydrogen-bond acceptors (Lipinski definition) is 4. The molecule has 0 radical (unpaired) electrons. The first-order valence-electron chi connectivity index (χ1n) is 8.06. The van der Waals surface area contributed by atoms with Gasteiger partial charge in [0.2, 0.25) is 0 Å². The first-order valence-corrected chi connectivity index (χ1v) is 8.94. The molecule has 4 nitrogen and oxygen atoms in total. The molecule has 2 aromatic rings. The van der Waals surface area contributed by atoms with Crippen molar-refractivity contribution in [3.05, 3.63) is 40.9 Å². The lowest BCUT2D eigenvalue weighted by Gasteiger charge is -2.25. The van der Waals surface area contributed by atoms with Gasteiger partial charge in [-0.15, -0.1) is 11.3 Å². The van der Waals surface area contributed by atoms with Crippen LogP contribution < -0.4 is 0 Å². The summed E-state index contributed by atoms with van der Waals surface area (Å²) in [6.45, 7) is 4.54. The fraction of sp³-hybridized carbons (Fsp3) is 0.444. The molecule has 1 aliphatic rings. The number of likely N-dealkylation sites (tertiary alicyclic amines) is 1. The molecule has 1 aromatic heterocycles. The summed E-state index contributed by atoms with van der Waals surface area (Å²) in [6.07, 6.45) is 2.28. The number of amides is 1. The van der Waals surface area contributed by atoms with E-state index in [0.717, 1.165) is 35.7 Å². The van der Waals surface area contributed by atoms with E-state index in [2.05, 4.69) is 4.98 Å². The molecule has 1 aliphatic heterocycles. The monoisotopic (exact) mass is 330 g/mol. The summed E-state index contributed by atoms with van der Waals surface area (Å²) in [4.78, 5) is 19.1. The highest BCUT2D eigenvalue weighted by molar-refractivity contribution is 7.13.